The molecule has 1 saturated heterocycles. The normalized spacial score (nSPS) is 19.7. The fraction of sp³-hybridized carbons (Fsp3) is 0.615. The van der Waals surface area contributed by atoms with Crippen LogP contribution in [0, 0.1) is 0 Å². The van der Waals surface area contributed by atoms with E-state index in [1.54, 1.807) is 4.90 Å². The maximum absolute atomic E-state index is 13.1. The van der Waals surface area contributed by atoms with Crippen LogP contribution in [0.25, 0.3) is 0 Å². The van der Waals surface area contributed by atoms with Crippen molar-refractivity contribution in [1.82, 2.24) is 10.3 Å². The number of anilines is 1. The lowest BCUT2D eigenvalue weighted by Gasteiger charge is -2.31. The summed E-state index contributed by atoms with van der Waals surface area (Å²) in [6.07, 6.45) is -1.28. The van der Waals surface area contributed by atoms with Crippen molar-refractivity contribution in [3.8, 4) is 0 Å². The van der Waals surface area contributed by atoms with Crippen molar-refractivity contribution in [1.29, 1.82) is 0 Å². The summed E-state index contributed by atoms with van der Waals surface area (Å²) in [7, 11) is 0. The third-order valence-corrected chi connectivity index (χ3v) is 3.30. The molecule has 0 aliphatic carbocycles. The van der Waals surface area contributed by atoms with Crippen molar-refractivity contribution in [3.63, 3.8) is 0 Å². The number of aromatic nitrogens is 1. The Morgan fingerprint density at radius 2 is 2.26 bits per heavy atom. The van der Waals surface area contributed by atoms with Crippen LogP contribution in [0.5, 0.6) is 0 Å². The van der Waals surface area contributed by atoms with E-state index < -0.39 is 11.7 Å². The molecule has 19 heavy (non-hydrogen) atoms. The van der Waals surface area contributed by atoms with Crippen molar-refractivity contribution in [2.75, 3.05) is 24.5 Å². The summed E-state index contributed by atoms with van der Waals surface area (Å²) in [6.45, 7) is 4.12. The predicted octanol–water partition coefficient (Wildman–Crippen LogP) is 2.68. The van der Waals surface area contributed by atoms with Gasteiger partial charge in [-0.25, -0.2) is 4.98 Å². The molecule has 1 N–H and O–H groups in total. The lowest BCUT2D eigenvalue weighted by atomic mass is 10.1. The number of pyridine rings is 1. The van der Waals surface area contributed by atoms with Gasteiger partial charge in [-0.15, -0.1) is 0 Å². The summed E-state index contributed by atoms with van der Waals surface area (Å²) in [5, 5.41) is 3.19. The quantitative estimate of drug-likeness (QED) is 0.914. The van der Waals surface area contributed by atoms with Crippen LogP contribution in [0.1, 0.15) is 25.3 Å². The van der Waals surface area contributed by atoms with Gasteiger partial charge in [0.05, 0.1) is 5.56 Å². The number of rotatable bonds is 4. The summed E-state index contributed by atoms with van der Waals surface area (Å²) >= 11 is 0. The molecule has 0 amide bonds. The number of hydrogen-bond acceptors (Lipinski definition) is 3. The molecule has 1 aromatic heterocycles. The van der Waals surface area contributed by atoms with Crippen LogP contribution in [0.2, 0.25) is 0 Å². The van der Waals surface area contributed by atoms with Crippen LogP contribution in [0.3, 0.4) is 0 Å². The van der Waals surface area contributed by atoms with Crippen molar-refractivity contribution in [2.24, 2.45) is 0 Å². The third-order valence-electron chi connectivity index (χ3n) is 3.30. The SMILES string of the molecule is CCCN(c1ncccc1C(F)(F)F)C1CCNC1. The van der Waals surface area contributed by atoms with Crippen LogP contribution in [0.4, 0.5) is 19.0 Å². The largest absolute Gasteiger partial charge is 0.419 e. The fourth-order valence-corrected chi connectivity index (χ4v) is 2.45. The van der Waals surface area contributed by atoms with Crippen molar-refractivity contribution >= 4 is 5.82 Å². The summed E-state index contributed by atoms with van der Waals surface area (Å²) in [6, 6.07) is 2.53. The van der Waals surface area contributed by atoms with Gasteiger partial charge in [-0.3, -0.25) is 0 Å². The van der Waals surface area contributed by atoms with Gasteiger partial charge < -0.3 is 10.2 Å². The molecule has 1 aliphatic heterocycles. The fourth-order valence-electron chi connectivity index (χ4n) is 2.45. The van der Waals surface area contributed by atoms with Gasteiger partial charge in [0.2, 0.25) is 0 Å². The van der Waals surface area contributed by atoms with E-state index in [2.05, 4.69) is 10.3 Å². The van der Waals surface area contributed by atoms with E-state index in [4.69, 9.17) is 0 Å². The molecule has 0 aromatic carbocycles. The first-order valence-corrected chi connectivity index (χ1v) is 6.53. The monoisotopic (exact) mass is 273 g/mol. The van der Waals surface area contributed by atoms with Crippen molar-refractivity contribution in [3.05, 3.63) is 23.9 Å². The van der Waals surface area contributed by atoms with Gasteiger partial charge in [0.25, 0.3) is 0 Å². The van der Waals surface area contributed by atoms with Gasteiger partial charge in [0, 0.05) is 25.3 Å². The van der Waals surface area contributed by atoms with Crippen LogP contribution in [-0.4, -0.2) is 30.7 Å². The summed E-state index contributed by atoms with van der Waals surface area (Å²) in [5.41, 5.74) is -0.643. The maximum Gasteiger partial charge on any atom is 0.419 e. The molecule has 3 nitrogen and oxygen atoms in total. The van der Waals surface area contributed by atoms with E-state index >= 15 is 0 Å². The summed E-state index contributed by atoms with van der Waals surface area (Å²) in [5.74, 6) is 0.0607. The Morgan fingerprint density at radius 3 is 2.84 bits per heavy atom. The molecule has 2 heterocycles. The Hall–Kier alpha value is -1.30. The van der Waals surface area contributed by atoms with Crippen LogP contribution in [-0.2, 0) is 6.18 Å². The van der Waals surface area contributed by atoms with Gasteiger partial charge in [-0.05, 0) is 31.5 Å². The zero-order valence-corrected chi connectivity index (χ0v) is 10.9. The first-order valence-electron chi connectivity index (χ1n) is 6.53. The third kappa shape index (κ3) is 3.18. The molecule has 6 heteroatoms. The molecule has 0 spiro atoms. The summed E-state index contributed by atoms with van der Waals surface area (Å²) < 4.78 is 39.2. The first-order chi connectivity index (χ1) is 9.04. The Morgan fingerprint density at radius 1 is 1.47 bits per heavy atom. The highest BCUT2D eigenvalue weighted by Gasteiger charge is 2.37. The lowest BCUT2D eigenvalue weighted by Crippen LogP contribution is -2.39. The van der Waals surface area contributed by atoms with Gasteiger partial charge in [0.15, 0.2) is 0 Å². The molecule has 0 bridgehead atoms. The molecule has 1 aromatic rings. The Kier molecular flexibility index (Phi) is 4.29. The second-order valence-electron chi connectivity index (χ2n) is 4.71. The first kappa shape index (κ1) is 14.1. The number of hydrogen-bond donors (Lipinski definition) is 1. The van der Waals surface area contributed by atoms with Gasteiger partial charge in [-0.1, -0.05) is 6.92 Å². The molecule has 0 radical (unpaired) electrons. The van der Waals surface area contributed by atoms with Gasteiger partial charge in [0.1, 0.15) is 5.82 Å². The van der Waals surface area contributed by atoms with Crippen LogP contribution in [0.15, 0.2) is 18.3 Å². The van der Waals surface area contributed by atoms with E-state index in [1.165, 1.54) is 12.3 Å². The molecule has 1 unspecified atom stereocenters. The minimum Gasteiger partial charge on any atom is -0.352 e. The number of halogens is 3. The second-order valence-corrected chi connectivity index (χ2v) is 4.71. The molecule has 2 rings (SSSR count). The maximum atomic E-state index is 13.1. The van der Waals surface area contributed by atoms with E-state index in [0.717, 1.165) is 25.5 Å². The minimum absolute atomic E-state index is 0.0607. The average Bonchev–Trinajstić information content (AvgIpc) is 2.88. The smallest absolute Gasteiger partial charge is 0.352 e. The highest BCUT2D eigenvalue weighted by Crippen LogP contribution is 2.36. The van der Waals surface area contributed by atoms with Gasteiger partial charge >= 0.3 is 6.18 Å². The van der Waals surface area contributed by atoms with E-state index in [9.17, 15) is 13.2 Å². The van der Waals surface area contributed by atoms with E-state index in [-0.39, 0.29) is 11.9 Å². The lowest BCUT2D eigenvalue weighted by molar-refractivity contribution is -0.137. The van der Waals surface area contributed by atoms with E-state index in [0.29, 0.717) is 13.1 Å². The second kappa shape index (κ2) is 5.77. The predicted molar refractivity (Wildman–Crippen MR) is 68.2 cm³/mol. The number of nitrogens with zero attached hydrogens (tertiary/aromatic N) is 2. The topological polar surface area (TPSA) is 28.2 Å². The Bertz CT molecular complexity index is 414. The summed E-state index contributed by atoms with van der Waals surface area (Å²) in [4.78, 5) is 5.78. The van der Waals surface area contributed by atoms with E-state index in [1.807, 2.05) is 6.92 Å². The molecule has 1 atom stereocenters. The van der Waals surface area contributed by atoms with Crippen LogP contribution >= 0.6 is 0 Å². The van der Waals surface area contributed by atoms with Crippen LogP contribution < -0.4 is 10.2 Å². The zero-order valence-electron chi connectivity index (χ0n) is 10.9. The zero-order chi connectivity index (χ0) is 13.9. The highest BCUT2D eigenvalue weighted by atomic mass is 19.4. The Balaban J connectivity index is 2.35. The molecule has 106 valence electrons. The minimum atomic E-state index is -4.36. The number of nitrogens with one attached hydrogen (secondary N) is 1. The highest BCUT2D eigenvalue weighted by molar-refractivity contribution is 5.49. The van der Waals surface area contributed by atoms with Crippen molar-refractivity contribution < 1.29 is 13.2 Å². The number of alkyl halides is 3. The molecular weight excluding hydrogens is 255 g/mol. The molecular formula is C13H18F3N3. The standard InChI is InChI=1S/C13H18F3N3/c1-2-8-19(10-5-7-17-9-10)12-11(13(14,15)16)4-3-6-18-12/h3-4,6,10,17H,2,5,7-9H2,1H3. The van der Waals surface area contributed by atoms with Gasteiger partial charge in [-0.2, -0.15) is 13.2 Å². The average molecular weight is 273 g/mol. The Labute approximate surface area is 110 Å². The molecule has 0 saturated carbocycles. The van der Waals surface area contributed by atoms with Crippen molar-refractivity contribution in [2.45, 2.75) is 32.0 Å². The molecule has 1 aliphatic rings. The molecule has 1 fully saturated rings.